The molecule has 0 aliphatic heterocycles. The molecule has 0 unspecified atom stereocenters. The Hall–Kier alpha value is -3.00. The van der Waals surface area contributed by atoms with Crippen molar-refractivity contribution in [3.05, 3.63) is 88.8 Å². The van der Waals surface area contributed by atoms with E-state index < -0.39 is 0 Å². The molecular weight excluding hydrogens is 419 g/mol. The fourth-order valence-corrected chi connectivity index (χ4v) is 3.16. The highest BCUT2D eigenvalue weighted by atomic mass is 35.5. The summed E-state index contributed by atoms with van der Waals surface area (Å²) in [6.45, 7) is 1.44. The summed E-state index contributed by atoms with van der Waals surface area (Å²) in [6.07, 6.45) is 3.80. The van der Waals surface area contributed by atoms with Crippen LogP contribution in [-0.4, -0.2) is 29.0 Å². The second-order valence-electron chi connectivity index (χ2n) is 6.78. The molecule has 8 heteroatoms. The second kappa shape index (κ2) is 11.4. The first-order chi connectivity index (χ1) is 15.1. The topological polar surface area (TPSA) is 61.2 Å². The van der Waals surface area contributed by atoms with E-state index in [-0.39, 0.29) is 6.54 Å². The zero-order valence-corrected chi connectivity index (χ0v) is 18.1. The molecular formula is C23H24ClFN4O2. The molecule has 1 N–H and O–H groups in total. The van der Waals surface area contributed by atoms with Gasteiger partial charge >= 0.3 is 0 Å². The third kappa shape index (κ3) is 6.75. The fourth-order valence-electron chi connectivity index (χ4n) is 2.99. The van der Waals surface area contributed by atoms with Gasteiger partial charge in [-0.25, -0.2) is 0 Å². The number of rotatable bonds is 7. The largest absolute Gasteiger partial charge is 0.497 e. The van der Waals surface area contributed by atoms with Crippen LogP contribution in [0.4, 0.5) is 4.48 Å². The van der Waals surface area contributed by atoms with Gasteiger partial charge in [-0.2, -0.15) is 10.6 Å². The zero-order chi connectivity index (χ0) is 22.1. The first kappa shape index (κ1) is 22.7. The first-order valence-electron chi connectivity index (χ1n) is 9.63. The molecule has 0 atom stereocenters. The summed E-state index contributed by atoms with van der Waals surface area (Å²) in [6, 6.07) is 17.0. The number of benzene rings is 2. The van der Waals surface area contributed by atoms with Crippen molar-refractivity contribution in [3.8, 4) is 5.75 Å². The van der Waals surface area contributed by atoms with Crippen LogP contribution in [0.5, 0.6) is 5.75 Å². The van der Waals surface area contributed by atoms with Gasteiger partial charge in [-0.3, -0.25) is 9.67 Å². The number of nitrogens with one attached hydrogen (secondary N) is 1. The van der Waals surface area contributed by atoms with Crippen molar-refractivity contribution in [3.63, 3.8) is 0 Å². The number of halogens is 2. The van der Waals surface area contributed by atoms with E-state index in [1.54, 1.807) is 25.8 Å². The number of aromatic nitrogens is 3. The van der Waals surface area contributed by atoms with E-state index in [1.807, 2.05) is 59.5 Å². The predicted octanol–water partition coefficient (Wildman–Crippen LogP) is 4.95. The van der Waals surface area contributed by atoms with Crippen LogP contribution in [0.25, 0.3) is 10.9 Å². The minimum atomic E-state index is 0.219. The van der Waals surface area contributed by atoms with E-state index in [0.717, 1.165) is 33.5 Å². The Morgan fingerprint density at radius 2 is 1.94 bits per heavy atom. The lowest BCUT2D eigenvalue weighted by atomic mass is 10.1. The second-order valence-corrected chi connectivity index (χ2v) is 7.22. The van der Waals surface area contributed by atoms with Gasteiger partial charge in [0.2, 0.25) is 0 Å². The molecule has 0 amide bonds. The number of methoxy groups -OCH3 is 2. The molecule has 0 saturated heterocycles. The predicted molar refractivity (Wildman–Crippen MR) is 120 cm³/mol. The molecule has 31 heavy (non-hydrogen) atoms. The minimum absolute atomic E-state index is 0.219. The summed E-state index contributed by atoms with van der Waals surface area (Å²) < 4.78 is 23.5. The van der Waals surface area contributed by atoms with E-state index in [4.69, 9.17) is 21.1 Å². The van der Waals surface area contributed by atoms with E-state index >= 15 is 0 Å². The van der Waals surface area contributed by atoms with Crippen LogP contribution in [0.3, 0.4) is 0 Å². The first-order valence-corrected chi connectivity index (χ1v) is 10.0. The normalized spacial score (nSPS) is 10.6. The molecule has 0 fully saturated rings. The number of hydrogen-bond donors (Lipinski definition) is 1. The van der Waals surface area contributed by atoms with Crippen molar-refractivity contribution in [1.82, 2.24) is 20.3 Å². The van der Waals surface area contributed by atoms with Crippen LogP contribution in [0.1, 0.15) is 16.8 Å². The summed E-state index contributed by atoms with van der Waals surface area (Å²) in [7, 11) is 3.25. The quantitative estimate of drug-likeness (QED) is 0.410. The van der Waals surface area contributed by atoms with Crippen molar-refractivity contribution < 1.29 is 14.0 Å². The van der Waals surface area contributed by atoms with Gasteiger partial charge in [0.25, 0.3) is 0 Å². The van der Waals surface area contributed by atoms with Gasteiger partial charge in [0.15, 0.2) is 0 Å². The Bertz CT molecular complexity index is 1120. The van der Waals surface area contributed by atoms with Crippen molar-refractivity contribution >= 4 is 22.5 Å². The monoisotopic (exact) mass is 442 g/mol. The molecule has 4 rings (SSSR count). The lowest BCUT2D eigenvalue weighted by Gasteiger charge is -2.04. The van der Waals surface area contributed by atoms with Crippen LogP contribution >= 0.6 is 11.6 Å². The van der Waals surface area contributed by atoms with Crippen molar-refractivity contribution in [2.45, 2.75) is 19.7 Å². The molecule has 0 aliphatic carbocycles. The van der Waals surface area contributed by atoms with Gasteiger partial charge in [0, 0.05) is 29.9 Å². The highest BCUT2D eigenvalue weighted by Crippen LogP contribution is 2.19. The molecule has 162 valence electrons. The van der Waals surface area contributed by atoms with Crippen molar-refractivity contribution in [2.75, 3.05) is 14.2 Å². The maximum absolute atomic E-state index is 11.6. The Balaban J connectivity index is 0.000000210. The molecule has 0 aliphatic rings. The molecule has 2 aromatic heterocycles. The number of nitrogens with zero attached hydrogens (tertiary/aromatic N) is 3. The maximum atomic E-state index is 11.6. The zero-order valence-electron chi connectivity index (χ0n) is 17.4. The average molecular weight is 443 g/mol. The van der Waals surface area contributed by atoms with Gasteiger partial charge in [-0.1, -0.05) is 29.8 Å². The van der Waals surface area contributed by atoms with E-state index in [2.05, 4.69) is 16.1 Å². The van der Waals surface area contributed by atoms with Crippen LogP contribution in [-0.2, 0) is 24.4 Å². The van der Waals surface area contributed by atoms with E-state index in [0.29, 0.717) is 18.2 Å². The standard InChI is InChI=1S/C15H14ClN3O.C8H10FNO/c1-20-10-14-4-5-19(18-14)9-11-6-12-2-3-13(16)7-15(12)17-8-11;1-11-8-4-2-3-7(5-8)6-10-9/h2-8H,9-10H2,1H3;2-5,10H,6H2,1H3. The fraction of sp³-hybridized carbons (Fsp3) is 0.217. The highest BCUT2D eigenvalue weighted by Gasteiger charge is 2.02. The lowest BCUT2D eigenvalue weighted by Crippen LogP contribution is -2.02. The highest BCUT2D eigenvalue weighted by molar-refractivity contribution is 6.31. The van der Waals surface area contributed by atoms with Gasteiger partial charge in [0.1, 0.15) is 5.75 Å². The molecule has 0 spiro atoms. The number of fused-ring (bicyclic) bond motifs is 1. The van der Waals surface area contributed by atoms with Crippen LogP contribution in [0.15, 0.2) is 67.0 Å². The Labute approximate surface area is 185 Å². The third-order valence-electron chi connectivity index (χ3n) is 4.44. The van der Waals surface area contributed by atoms with E-state index in [9.17, 15) is 4.48 Å². The molecule has 0 radical (unpaired) electrons. The van der Waals surface area contributed by atoms with Crippen molar-refractivity contribution in [1.29, 1.82) is 0 Å². The summed E-state index contributed by atoms with van der Waals surface area (Å²) in [5.41, 5.74) is 5.38. The van der Waals surface area contributed by atoms with Gasteiger partial charge in [-0.15, -0.1) is 4.48 Å². The number of ether oxygens (including phenoxy) is 2. The summed E-state index contributed by atoms with van der Waals surface area (Å²) in [5, 5.41) is 6.21. The molecule has 0 bridgehead atoms. The SMILES string of the molecule is COCc1ccn(Cc2cnc3cc(Cl)ccc3c2)n1.COc1cccc(CNF)c1. The lowest BCUT2D eigenvalue weighted by molar-refractivity contribution is 0.181. The Morgan fingerprint density at radius 3 is 2.71 bits per heavy atom. The van der Waals surface area contributed by atoms with Crippen LogP contribution in [0, 0.1) is 0 Å². The van der Waals surface area contributed by atoms with Gasteiger partial charge in [-0.05, 0) is 47.5 Å². The molecule has 0 saturated carbocycles. The molecule has 2 aromatic carbocycles. The molecule has 6 nitrogen and oxygen atoms in total. The van der Waals surface area contributed by atoms with Gasteiger partial charge in [0.05, 0.1) is 38.0 Å². The summed E-state index contributed by atoms with van der Waals surface area (Å²) in [5.74, 6) is 0.748. The third-order valence-corrected chi connectivity index (χ3v) is 4.68. The van der Waals surface area contributed by atoms with Crippen LogP contribution < -0.4 is 10.3 Å². The average Bonchev–Trinajstić information content (AvgIpc) is 3.22. The number of pyridine rings is 1. The van der Waals surface area contributed by atoms with Crippen molar-refractivity contribution in [2.24, 2.45) is 0 Å². The Kier molecular flexibility index (Phi) is 8.35. The van der Waals surface area contributed by atoms with Crippen LogP contribution in [0.2, 0.25) is 5.02 Å². The van der Waals surface area contributed by atoms with Gasteiger partial charge < -0.3 is 9.47 Å². The smallest absolute Gasteiger partial charge is 0.119 e. The van der Waals surface area contributed by atoms with E-state index in [1.165, 1.54) is 0 Å². The molecule has 4 aromatic rings. The Morgan fingerprint density at radius 1 is 1.06 bits per heavy atom. The maximum Gasteiger partial charge on any atom is 0.119 e. The number of hydrogen-bond acceptors (Lipinski definition) is 5. The molecule has 2 heterocycles. The summed E-state index contributed by atoms with van der Waals surface area (Å²) in [4.78, 5) is 4.43. The minimum Gasteiger partial charge on any atom is -0.497 e. The summed E-state index contributed by atoms with van der Waals surface area (Å²) >= 11 is 5.95.